The summed E-state index contributed by atoms with van der Waals surface area (Å²) < 4.78 is 1.13. The summed E-state index contributed by atoms with van der Waals surface area (Å²) in [7, 11) is 0. The minimum absolute atomic E-state index is 0.00955. The molecule has 1 atom stereocenters. The van der Waals surface area contributed by atoms with Gasteiger partial charge in [-0.2, -0.15) is 0 Å². The van der Waals surface area contributed by atoms with Crippen LogP contribution in [0.15, 0.2) is 48.5 Å². The molecule has 1 unspecified atom stereocenters. The van der Waals surface area contributed by atoms with Crippen LogP contribution in [0.25, 0.3) is 10.2 Å². The van der Waals surface area contributed by atoms with Gasteiger partial charge in [0, 0.05) is 12.1 Å². The zero-order valence-corrected chi connectivity index (χ0v) is 16.2. The molecule has 136 valence electrons. The first-order valence-corrected chi connectivity index (χ1v) is 10.2. The number of benzene rings is 2. The number of aromatic nitrogens is 1. The summed E-state index contributed by atoms with van der Waals surface area (Å²) in [5.41, 5.74) is 3.96. The Bertz CT molecular complexity index is 844. The first-order chi connectivity index (χ1) is 12.5. The Hall–Kier alpha value is -1.75. The predicted octanol–water partition coefficient (Wildman–Crippen LogP) is 4.50. The number of fused-ring (bicyclic) bond motifs is 2. The van der Waals surface area contributed by atoms with E-state index in [0.717, 1.165) is 21.6 Å². The number of aliphatic hydroxyl groups excluding tert-OH is 1. The molecule has 1 aliphatic rings. The standard InChI is InChI=1S/C22H26N2OS/c1-22(2,13-15-11-16-7-3-4-8-17(16)12-15)23-14-19(25)21-24-18-9-5-6-10-20(18)26-21/h3-10,15,19,23,25H,11-14H2,1-2H3. The lowest BCUT2D eigenvalue weighted by Gasteiger charge is -2.30. The van der Waals surface area contributed by atoms with Crippen molar-refractivity contribution >= 4 is 21.6 Å². The zero-order chi connectivity index (χ0) is 18.1. The van der Waals surface area contributed by atoms with E-state index in [1.807, 2.05) is 18.2 Å². The lowest BCUT2D eigenvalue weighted by molar-refractivity contribution is 0.155. The van der Waals surface area contributed by atoms with Gasteiger partial charge in [-0.1, -0.05) is 36.4 Å². The van der Waals surface area contributed by atoms with Gasteiger partial charge in [0.05, 0.1) is 10.2 Å². The van der Waals surface area contributed by atoms with Crippen LogP contribution in [0, 0.1) is 5.92 Å². The molecule has 4 heteroatoms. The Kier molecular flexibility index (Phi) is 4.82. The number of para-hydroxylation sites is 1. The average molecular weight is 367 g/mol. The SMILES string of the molecule is CC(C)(CC1Cc2ccccc2C1)NCC(O)c1nc2ccccc2s1. The van der Waals surface area contributed by atoms with Gasteiger partial charge < -0.3 is 10.4 Å². The molecule has 1 heterocycles. The number of nitrogens with zero attached hydrogens (tertiary/aromatic N) is 1. The molecule has 0 amide bonds. The maximum Gasteiger partial charge on any atom is 0.124 e. The maximum atomic E-state index is 10.6. The Morgan fingerprint density at radius 2 is 1.77 bits per heavy atom. The van der Waals surface area contributed by atoms with Crippen LogP contribution in [0.4, 0.5) is 0 Å². The molecule has 4 rings (SSSR count). The third-order valence-electron chi connectivity index (χ3n) is 5.30. The minimum atomic E-state index is -0.563. The van der Waals surface area contributed by atoms with Gasteiger partial charge in [0.15, 0.2) is 0 Å². The molecule has 3 nitrogen and oxygen atoms in total. The quantitative estimate of drug-likeness (QED) is 0.675. The van der Waals surface area contributed by atoms with Crippen molar-refractivity contribution in [2.45, 2.75) is 44.8 Å². The first kappa shape index (κ1) is 17.7. The Labute approximate surface area is 159 Å². The topological polar surface area (TPSA) is 45.1 Å². The largest absolute Gasteiger partial charge is 0.385 e. The molecule has 0 saturated carbocycles. The lowest BCUT2D eigenvalue weighted by atomic mass is 9.88. The number of hydrogen-bond acceptors (Lipinski definition) is 4. The van der Waals surface area contributed by atoms with E-state index >= 15 is 0 Å². The number of thiazole rings is 1. The van der Waals surface area contributed by atoms with Gasteiger partial charge >= 0.3 is 0 Å². The molecule has 2 N–H and O–H groups in total. The van der Waals surface area contributed by atoms with Gasteiger partial charge in [0.1, 0.15) is 11.1 Å². The van der Waals surface area contributed by atoms with E-state index in [1.54, 1.807) is 11.3 Å². The summed E-state index contributed by atoms with van der Waals surface area (Å²) in [6, 6.07) is 16.8. The summed E-state index contributed by atoms with van der Waals surface area (Å²) in [4.78, 5) is 4.57. The van der Waals surface area contributed by atoms with E-state index in [2.05, 4.69) is 54.5 Å². The summed E-state index contributed by atoms with van der Waals surface area (Å²) in [6.07, 6.45) is 2.88. The van der Waals surface area contributed by atoms with E-state index in [4.69, 9.17) is 0 Å². The van der Waals surface area contributed by atoms with Gasteiger partial charge in [-0.25, -0.2) is 4.98 Å². The summed E-state index contributed by atoms with van der Waals surface area (Å²) in [6.45, 7) is 5.01. The average Bonchev–Trinajstić information content (AvgIpc) is 3.22. The number of nitrogens with one attached hydrogen (secondary N) is 1. The van der Waals surface area contributed by atoms with Crippen molar-refractivity contribution < 1.29 is 5.11 Å². The summed E-state index contributed by atoms with van der Waals surface area (Å²) >= 11 is 1.58. The molecule has 0 spiro atoms. The molecule has 1 aliphatic carbocycles. The Balaban J connectivity index is 1.34. The predicted molar refractivity (Wildman–Crippen MR) is 109 cm³/mol. The van der Waals surface area contributed by atoms with Crippen LogP contribution in [0.2, 0.25) is 0 Å². The fourth-order valence-corrected chi connectivity index (χ4v) is 5.03. The van der Waals surface area contributed by atoms with Crippen LogP contribution in [-0.2, 0) is 12.8 Å². The van der Waals surface area contributed by atoms with Gasteiger partial charge in [-0.15, -0.1) is 11.3 Å². The molecule has 0 radical (unpaired) electrons. The van der Waals surface area contributed by atoms with Crippen molar-refractivity contribution in [3.8, 4) is 0 Å². The van der Waals surface area contributed by atoms with Crippen LogP contribution in [0.3, 0.4) is 0 Å². The van der Waals surface area contributed by atoms with E-state index in [9.17, 15) is 5.11 Å². The Morgan fingerprint density at radius 3 is 2.46 bits per heavy atom. The number of β-amino-alcohol motifs (C(OH)–C–C–N with tert-alkyl or cyclic N) is 1. The highest BCUT2D eigenvalue weighted by molar-refractivity contribution is 7.18. The van der Waals surface area contributed by atoms with E-state index in [1.165, 1.54) is 24.0 Å². The van der Waals surface area contributed by atoms with Crippen LogP contribution >= 0.6 is 11.3 Å². The highest BCUT2D eigenvalue weighted by Gasteiger charge is 2.28. The lowest BCUT2D eigenvalue weighted by Crippen LogP contribution is -2.43. The number of rotatable bonds is 6. The molecule has 0 bridgehead atoms. The van der Waals surface area contributed by atoms with Crippen LogP contribution in [-0.4, -0.2) is 22.2 Å². The Morgan fingerprint density at radius 1 is 1.12 bits per heavy atom. The number of aliphatic hydroxyl groups is 1. The van der Waals surface area contributed by atoms with Gasteiger partial charge in [-0.05, 0) is 62.3 Å². The molecular weight excluding hydrogens is 340 g/mol. The molecule has 0 fully saturated rings. The van der Waals surface area contributed by atoms with Crippen molar-refractivity contribution in [2.75, 3.05) is 6.54 Å². The van der Waals surface area contributed by atoms with Gasteiger partial charge in [-0.3, -0.25) is 0 Å². The molecule has 2 aromatic carbocycles. The second-order valence-electron chi connectivity index (χ2n) is 8.05. The molecular formula is C22H26N2OS. The fourth-order valence-electron chi connectivity index (χ4n) is 4.08. The maximum absolute atomic E-state index is 10.6. The molecule has 3 aromatic rings. The fraction of sp³-hybridized carbons (Fsp3) is 0.409. The molecule has 26 heavy (non-hydrogen) atoms. The second-order valence-corrected chi connectivity index (χ2v) is 9.11. The van der Waals surface area contributed by atoms with Crippen LogP contribution in [0.5, 0.6) is 0 Å². The van der Waals surface area contributed by atoms with Gasteiger partial charge in [0.25, 0.3) is 0 Å². The first-order valence-electron chi connectivity index (χ1n) is 9.35. The highest BCUT2D eigenvalue weighted by atomic mass is 32.1. The molecule has 0 saturated heterocycles. The van der Waals surface area contributed by atoms with Gasteiger partial charge in [0.2, 0.25) is 0 Å². The molecule has 1 aromatic heterocycles. The van der Waals surface area contributed by atoms with Crippen molar-refractivity contribution in [1.29, 1.82) is 0 Å². The summed E-state index contributed by atoms with van der Waals surface area (Å²) in [5.74, 6) is 0.675. The third kappa shape index (κ3) is 3.83. The van der Waals surface area contributed by atoms with Crippen molar-refractivity contribution in [3.05, 3.63) is 64.7 Å². The smallest absolute Gasteiger partial charge is 0.124 e. The molecule has 0 aliphatic heterocycles. The van der Waals surface area contributed by atoms with E-state index in [0.29, 0.717) is 12.5 Å². The second kappa shape index (κ2) is 7.10. The number of hydrogen-bond donors (Lipinski definition) is 2. The van der Waals surface area contributed by atoms with E-state index in [-0.39, 0.29) is 5.54 Å². The normalized spacial score (nSPS) is 16.1. The van der Waals surface area contributed by atoms with Crippen molar-refractivity contribution in [1.82, 2.24) is 10.3 Å². The van der Waals surface area contributed by atoms with Crippen LogP contribution in [0.1, 0.15) is 42.5 Å². The monoisotopic (exact) mass is 366 g/mol. The summed E-state index contributed by atoms with van der Waals surface area (Å²) in [5, 5.41) is 14.9. The zero-order valence-electron chi connectivity index (χ0n) is 15.4. The van der Waals surface area contributed by atoms with E-state index < -0.39 is 6.10 Å². The highest BCUT2D eigenvalue weighted by Crippen LogP contribution is 2.32. The van der Waals surface area contributed by atoms with Crippen molar-refractivity contribution in [3.63, 3.8) is 0 Å². The van der Waals surface area contributed by atoms with Crippen LogP contribution < -0.4 is 5.32 Å². The minimum Gasteiger partial charge on any atom is -0.385 e. The van der Waals surface area contributed by atoms with Crippen molar-refractivity contribution in [2.24, 2.45) is 5.92 Å². The third-order valence-corrected chi connectivity index (χ3v) is 6.44.